The second-order valence-corrected chi connectivity index (χ2v) is 3.54. The summed E-state index contributed by atoms with van der Waals surface area (Å²) in [5.41, 5.74) is 5.50. The largest absolute Gasteiger partial charge is 0.326 e. The zero-order chi connectivity index (χ0) is 6.43. The van der Waals surface area contributed by atoms with Gasteiger partial charge in [0, 0.05) is 12.3 Å². The molecule has 0 saturated carbocycles. The smallest absolute Gasteiger partial charge is 0.243 e. The highest BCUT2D eigenvalue weighted by Gasteiger charge is 2.47. The Morgan fingerprint density at radius 3 is 3.22 bits per heavy atom. The second-order valence-electron chi connectivity index (χ2n) is 2.32. The van der Waals surface area contributed by atoms with E-state index >= 15 is 0 Å². The number of nitrogens with two attached hydrogens (primary N) is 1. The second kappa shape index (κ2) is 1.64. The molecule has 4 heteroatoms. The fraction of sp³-hybridized carbons (Fsp3) is 0.800. The molecule has 0 aromatic rings. The predicted octanol–water partition coefficient (Wildman–Crippen LogP) is -0.771. The first kappa shape index (κ1) is 5.56. The first-order valence-corrected chi connectivity index (χ1v) is 4.03. The molecule has 2 fully saturated rings. The quantitative estimate of drug-likeness (QED) is 0.454. The number of fused-ring (bicyclic) bond motifs is 1. The minimum atomic E-state index is -0.197. The minimum absolute atomic E-state index is 0.130. The van der Waals surface area contributed by atoms with Crippen molar-refractivity contribution in [3.05, 3.63) is 0 Å². The standard InChI is InChI=1S/C5H8N2OS/c6-3-4(8)7-1-2-9-5(3)7/h3,5H,1-2,6H2/t3?,5-/m1/s1. The van der Waals surface area contributed by atoms with Gasteiger partial charge >= 0.3 is 0 Å². The molecule has 2 rings (SSSR count). The number of thioether (sulfide) groups is 1. The zero-order valence-electron chi connectivity index (χ0n) is 4.91. The van der Waals surface area contributed by atoms with Gasteiger partial charge in [-0.3, -0.25) is 4.79 Å². The lowest BCUT2D eigenvalue weighted by molar-refractivity contribution is -0.142. The summed E-state index contributed by atoms with van der Waals surface area (Å²) in [4.78, 5) is 12.7. The molecule has 9 heavy (non-hydrogen) atoms. The predicted molar refractivity (Wildman–Crippen MR) is 35.9 cm³/mol. The third-order valence-corrected chi connectivity index (χ3v) is 3.11. The molecule has 2 heterocycles. The monoisotopic (exact) mass is 144 g/mol. The van der Waals surface area contributed by atoms with Gasteiger partial charge in [0.25, 0.3) is 0 Å². The molecule has 2 saturated heterocycles. The van der Waals surface area contributed by atoms with Crippen molar-refractivity contribution in [1.82, 2.24) is 4.90 Å². The molecule has 0 aromatic heterocycles. The molecule has 1 unspecified atom stereocenters. The van der Waals surface area contributed by atoms with Crippen molar-refractivity contribution in [3.63, 3.8) is 0 Å². The van der Waals surface area contributed by atoms with Crippen LogP contribution in [0.3, 0.4) is 0 Å². The molecule has 2 aliphatic rings. The fourth-order valence-electron chi connectivity index (χ4n) is 1.25. The molecule has 0 aromatic carbocycles. The number of carbonyl (C=O) groups excluding carboxylic acids is 1. The van der Waals surface area contributed by atoms with E-state index in [1.807, 2.05) is 4.90 Å². The van der Waals surface area contributed by atoms with Crippen LogP contribution in [0.2, 0.25) is 0 Å². The van der Waals surface area contributed by atoms with Gasteiger partial charge < -0.3 is 10.6 Å². The summed E-state index contributed by atoms with van der Waals surface area (Å²) in [7, 11) is 0. The lowest BCUT2D eigenvalue weighted by Crippen LogP contribution is -2.64. The molecule has 1 amide bonds. The van der Waals surface area contributed by atoms with E-state index in [4.69, 9.17) is 5.73 Å². The van der Waals surface area contributed by atoms with Crippen LogP contribution in [-0.2, 0) is 4.79 Å². The first-order valence-electron chi connectivity index (χ1n) is 2.98. The number of carbonyl (C=O) groups is 1. The third-order valence-electron chi connectivity index (χ3n) is 1.80. The maximum Gasteiger partial charge on any atom is 0.243 e. The molecule has 0 aliphatic carbocycles. The van der Waals surface area contributed by atoms with E-state index in [1.54, 1.807) is 11.8 Å². The van der Waals surface area contributed by atoms with E-state index in [0.29, 0.717) is 5.37 Å². The Morgan fingerprint density at radius 2 is 2.56 bits per heavy atom. The Balaban J connectivity index is 2.14. The van der Waals surface area contributed by atoms with Crippen LogP contribution in [0.1, 0.15) is 0 Å². The Morgan fingerprint density at radius 1 is 1.78 bits per heavy atom. The van der Waals surface area contributed by atoms with Gasteiger partial charge in [-0.1, -0.05) is 0 Å². The van der Waals surface area contributed by atoms with Gasteiger partial charge in [0.2, 0.25) is 5.91 Å². The van der Waals surface area contributed by atoms with Crippen molar-refractivity contribution < 1.29 is 4.79 Å². The van der Waals surface area contributed by atoms with Crippen LogP contribution in [0.25, 0.3) is 0 Å². The van der Waals surface area contributed by atoms with E-state index in [2.05, 4.69) is 0 Å². The van der Waals surface area contributed by atoms with Crippen LogP contribution < -0.4 is 5.73 Å². The summed E-state index contributed by atoms with van der Waals surface area (Å²) in [6.45, 7) is 0.905. The molecule has 2 aliphatic heterocycles. The van der Waals surface area contributed by atoms with Gasteiger partial charge in [-0.05, 0) is 0 Å². The number of hydrogen-bond donors (Lipinski definition) is 1. The zero-order valence-corrected chi connectivity index (χ0v) is 5.73. The molecule has 50 valence electrons. The lowest BCUT2D eigenvalue weighted by Gasteiger charge is -2.39. The van der Waals surface area contributed by atoms with Crippen LogP contribution in [0.4, 0.5) is 0 Å². The molecule has 0 spiro atoms. The summed E-state index contributed by atoms with van der Waals surface area (Å²) < 4.78 is 0. The summed E-state index contributed by atoms with van der Waals surface area (Å²) in [5.74, 6) is 1.19. The van der Waals surface area contributed by atoms with Crippen molar-refractivity contribution >= 4 is 17.7 Å². The lowest BCUT2D eigenvalue weighted by atomic mass is 10.1. The summed E-state index contributed by atoms with van der Waals surface area (Å²) in [6.07, 6.45) is 0. The van der Waals surface area contributed by atoms with Crippen molar-refractivity contribution in [2.24, 2.45) is 5.73 Å². The molecule has 2 N–H and O–H groups in total. The van der Waals surface area contributed by atoms with Gasteiger partial charge in [-0.25, -0.2) is 0 Å². The Hall–Kier alpha value is -0.220. The summed E-state index contributed by atoms with van der Waals surface area (Å²) in [5, 5.41) is 0.317. The maximum absolute atomic E-state index is 10.8. The van der Waals surface area contributed by atoms with Crippen LogP contribution in [-0.4, -0.2) is 34.5 Å². The number of hydrogen-bond acceptors (Lipinski definition) is 3. The Kier molecular flexibility index (Phi) is 1.01. The highest BCUT2D eigenvalue weighted by atomic mass is 32.2. The minimum Gasteiger partial charge on any atom is -0.326 e. The average molecular weight is 144 g/mol. The molecule has 3 nitrogen and oxygen atoms in total. The number of rotatable bonds is 0. The van der Waals surface area contributed by atoms with E-state index in [0.717, 1.165) is 12.3 Å². The Labute approximate surface area is 57.6 Å². The van der Waals surface area contributed by atoms with E-state index in [1.165, 1.54) is 0 Å². The summed E-state index contributed by atoms with van der Waals surface area (Å²) >= 11 is 1.78. The van der Waals surface area contributed by atoms with Gasteiger partial charge in [0.15, 0.2) is 0 Å². The molecule has 2 atom stereocenters. The molecule has 0 radical (unpaired) electrons. The van der Waals surface area contributed by atoms with Crippen LogP contribution in [0, 0.1) is 0 Å². The number of β-lactam (4-membered cyclic amide) rings is 1. The average Bonchev–Trinajstić information content (AvgIpc) is 2.30. The van der Waals surface area contributed by atoms with Gasteiger partial charge in [-0.2, -0.15) is 0 Å². The van der Waals surface area contributed by atoms with Crippen molar-refractivity contribution in [1.29, 1.82) is 0 Å². The van der Waals surface area contributed by atoms with Crippen LogP contribution in [0.15, 0.2) is 0 Å². The van der Waals surface area contributed by atoms with Crippen molar-refractivity contribution in [2.45, 2.75) is 11.4 Å². The van der Waals surface area contributed by atoms with E-state index < -0.39 is 0 Å². The number of nitrogens with zero attached hydrogens (tertiary/aromatic N) is 1. The molecular weight excluding hydrogens is 136 g/mol. The van der Waals surface area contributed by atoms with Crippen molar-refractivity contribution in [3.8, 4) is 0 Å². The maximum atomic E-state index is 10.8. The van der Waals surface area contributed by atoms with E-state index in [9.17, 15) is 4.79 Å². The Bertz CT molecular complexity index is 161. The third kappa shape index (κ3) is 0.548. The molecular formula is C5H8N2OS. The van der Waals surface area contributed by atoms with E-state index in [-0.39, 0.29) is 11.9 Å². The van der Waals surface area contributed by atoms with Crippen LogP contribution >= 0.6 is 11.8 Å². The highest BCUT2D eigenvalue weighted by molar-refractivity contribution is 8.00. The highest BCUT2D eigenvalue weighted by Crippen LogP contribution is 2.33. The van der Waals surface area contributed by atoms with Crippen LogP contribution in [0.5, 0.6) is 0 Å². The van der Waals surface area contributed by atoms with Crippen molar-refractivity contribution in [2.75, 3.05) is 12.3 Å². The molecule has 0 bridgehead atoms. The van der Waals surface area contributed by atoms with Gasteiger partial charge in [0.05, 0.1) is 0 Å². The van der Waals surface area contributed by atoms with Gasteiger partial charge in [-0.15, -0.1) is 11.8 Å². The normalized spacial score (nSPS) is 40.6. The van der Waals surface area contributed by atoms with Gasteiger partial charge in [0.1, 0.15) is 11.4 Å². The summed E-state index contributed by atoms with van der Waals surface area (Å²) in [6, 6.07) is -0.197. The number of amides is 1. The topological polar surface area (TPSA) is 46.3 Å². The SMILES string of the molecule is NC1C(=O)N2CCS[C@H]12. The fourth-order valence-corrected chi connectivity index (χ4v) is 2.51. The first-order chi connectivity index (χ1) is 4.30.